The number of carbonyl (C=O) groups excluding carboxylic acids is 3. The molecule has 0 saturated carbocycles. The van der Waals surface area contributed by atoms with Gasteiger partial charge in [0.1, 0.15) is 11.5 Å². The molecule has 3 rings (SSSR count). The van der Waals surface area contributed by atoms with Crippen LogP contribution in [0.15, 0.2) is 29.8 Å². The number of Topliss-reactive ketones (excluding diaryl/α,β-unsaturated/α-hetero) is 1. The van der Waals surface area contributed by atoms with Crippen molar-refractivity contribution in [1.29, 1.82) is 0 Å². The number of H-pyrrole nitrogens is 1. The van der Waals surface area contributed by atoms with Crippen molar-refractivity contribution in [2.75, 3.05) is 34.3 Å². The van der Waals surface area contributed by atoms with Crippen molar-refractivity contribution in [3.63, 3.8) is 0 Å². The Morgan fingerprint density at radius 2 is 1.79 bits per heavy atom. The Morgan fingerprint density at radius 1 is 1.15 bits per heavy atom. The quantitative estimate of drug-likeness (QED) is 0.289. The van der Waals surface area contributed by atoms with Gasteiger partial charge in [-0.25, -0.2) is 4.79 Å². The van der Waals surface area contributed by atoms with Gasteiger partial charge >= 0.3 is 5.97 Å². The van der Waals surface area contributed by atoms with Gasteiger partial charge in [-0.1, -0.05) is 29.8 Å². The van der Waals surface area contributed by atoms with E-state index in [0.29, 0.717) is 29.8 Å². The number of aliphatic hydroxyl groups excluding tert-OH is 1. The number of amides is 1. The lowest BCUT2D eigenvalue weighted by Crippen LogP contribution is -2.32. The number of benzene rings is 1. The van der Waals surface area contributed by atoms with Crippen molar-refractivity contribution in [2.24, 2.45) is 0 Å². The molecule has 1 saturated heterocycles. The first kappa shape index (κ1) is 24.3. The summed E-state index contributed by atoms with van der Waals surface area (Å²) in [6, 6.07) is 6.85. The fourth-order valence-electron chi connectivity index (χ4n) is 4.31. The van der Waals surface area contributed by atoms with Gasteiger partial charge < -0.3 is 24.6 Å². The Kier molecular flexibility index (Phi) is 7.07. The van der Waals surface area contributed by atoms with E-state index in [0.717, 1.165) is 17.7 Å². The van der Waals surface area contributed by atoms with E-state index in [1.807, 2.05) is 50.2 Å². The smallest absolute Gasteiger partial charge is 0.354 e. The predicted molar refractivity (Wildman–Crippen MR) is 125 cm³/mol. The zero-order valence-electron chi connectivity index (χ0n) is 20.0. The van der Waals surface area contributed by atoms with E-state index in [-0.39, 0.29) is 17.0 Å². The number of ketones is 1. The molecule has 0 radical (unpaired) electrons. The summed E-state index contributed by atoms with van der Waals surface area (Å²) in [6.07, 6.45) is 0.678. The third-order valence-corrected chi connectivity index (χ3v) is 6.00. The first-order chi connectivity index (χ1) is 15.6. The fourth-order valence-corrected chi connectivity index (χ4v) is 4.31. The maximum absolute atomic E-state index is 13.2. The van der Waals surface area contributed by atoms with Crippen LogP contribution in [0.4, 0.5) is 0 Å². The highest BCUT2D eigenvalue weighted by molar-refractivity contribution is 6.46. The van der Waals surface area contributed by atoms with Gasteiger partial charge in [-0.15, -0.1) is 0 Å². The standard InChI is InChI=1S/C25H31N3O5/c1-14-8-10-17(11-9-14)21-19(23(30)24(31)28(21)13-7-12-27(4)5)22(29)18-15(2)20(25(32)33-6)26-16(18)3/h8-11,21,26,29H,7,12-13H2,1-6H3/b22-19+/t21-/m1/s1. The highest BCUT2D eigenvalue weighted by Gasteiger charge is 2.46. The molecule has 2 N–H and O–H groups in total. The van der Waals surface area contributed by atoms with Crippen LogP contribution in [0.25, 0.3) is 5.76 Å². The largest absolute Gasteiger partial charge is 0.507 e. The van der Waals surface area contributed by atoms with Crippen molar-refractivity contribution in [3.8, 4) is 0 Å². The van der Waals surface area contributed by atoms with Crippen molar-refractivity contribution in [2.45, 2.75) is 33.2 Å². The van der Waals surface area contributed by atoms with Crippen LogP contribution in [-0.4, -0.2) is 71.8 Å². The van der Waals surface area contributed by atoms with Crippen LogP contribution in [0.3, 0.4) is 0 Å². The van der Waals surface area contributed by atoms with Crippen LogP contribution < -0.4 is 0 Å². The third kappa shape index (κ3) is 4.57. The number of aromatic amines is 1. The van der Waals surface area contributed by atoms with E-state index >= 15 is 0 Å². The number of aromatic nitrogens is 1. The van der Waals surface area contributed by atoms with Gasteiger partial charge in [0.15, 0.2) is 0 Å². The Bertz CT molecular complexity index is 1110. The molecule has 0 aliphatic carbocycles. The highest BCUT2D eigenvalue weighted by atomic mass is 16.5. The number of ether oxygens (including phenoxy) is 1. The second-order valence-corrected chi connectivity index (χ2v) is 8.68. The van der Waals surface area contributed by atoms with Crippen LogP contribution in [0.2, 0.25) is 0 Å². The van der Waals surface area contributed by atoms with Gasteiger partial charge in [-0.05, 0) is 59.0 Å². The maximum Gasteiger partial charge on any atom is 0.354 e. The number of carbonyl (C=O) groups is 3. The van der Waals surface area contributed by atoms with Crippen LogP contribution in [-0.2, 0) is 14.3 Å². The minimum atomic E-state index is -0.734. The molecule has 1 aliphatic rings. The van der Waals surface area contributed by atoms with E-state index in [1.54, 1.807) is 13.8 Å². The molecule has 33 heavy (non-hydrogen) atoms. The number of nitrogens with one attached hydrogen (secondary N) is 1. The molecule has 0 unspecified atom stereocenters. The fraction of sp³-hybridized carbons (Fsp3) is 0.400. The molecular formula is C25H31N3O5. The molecule has 0 spiro atoms. The average Bonchev–Trinajstić information content (AvgIpc) is 3.20. The van der Waals surface area contributed by atoms with Crippen LogP contribution in [0.1, 0.15) is 50.9 Å². The lowest BCUT2D eigenvalue weighted by atomic mass is 9.93. The number of esters is 1. The van der Waals surface area contributed by atoms with Crippen molar-refractivity contribution >= 4 is 23.4 Å². The lowest BCUT2D eigenvalue weighted by Gasteiger charge is -2.26. The summed E-state index contributed by atoms with van der Waals surface area (Å²) in [4.78, 5) is 44.8. The SMILES string of the molecule is COC(=O)c1[nH]c(C)c(/C(O)=C2\C(=O)C(=O)N(CCCN(C)C)[C@@H]2c2ccc(C)cc2)c1C. The molecule has 2 aromatic rings. The summed E-state index contributed by atoms with van der Waals surface area (Å²) < 4.78 is 4.81. The topological polar surface area (TPSA) is 103 Å². The van der Waals surface area contributed by atoms with Crippen molar-refractivity contribution in [1.82, 2.24) is 14.8 Å². The number of rotatable bonds is 7. The number of hydrogen-bond acceptors (Lipinski definition) is 6. The Balaban J connectivity index is 2.17. The summed E-state index contributed by atoms with van der Waals surface area (Å²) in [5.74, 6) is -2.24. The summed E-state index contributed by atoms with van der Waals surface area (Å²) in [7, 11) is 5.16. The Labute approximate surface area is 193 Å². The van der Waals surface area contributed by atoms with E-state index in [9.17, 15) is 19.5 Å². The zero-order chi connectivity index (χ0) is 24.4. The molecular weight excluding hydrogens is 422 g/mol. The molecule has 176 valence electrons. The Hall–Kier alpha value is -3.39. The van der Waals surface area contributed by atoms with Crippen molar-refractivity contribution in [3.05, 3.63) is 63.5 Å². The second kappa shape index (κ2) is 9.62. The molecule has 8 nitrogen and oxygen atoms in total. The molecule has 2 heterocycles. The van der Waals surface area contributed by atoms with Crippen LogP contribution in [0.5, 0.6) is 0 Å². The Morgan fingerprint density at radius 3 is 2.36 bits per heavy atom. The predicted octanol–water partition coefficient (Wildman–Crippen LogP) is 3.10. The number of nitrogens with zero attached hydrogens (tertiary/aromatic N) is 2. The van der Waals surface area contributed by atoms with Gasteiger partial charge in [0.05, 0.1) is 18.7 Å². The monoisotopic (exact) mass is 453 g/mol. The van der Waals surface area contributed by atoms with Gasteiger partial charge in [0, 0.05) is 17.8 Å². The first-order valence-corrected chi connectivity index (χ1v) is 10.9. The van der Waals surface area contributed by atoms with Gasteiger partial charge in [0.2, 0.25) is 0 Å². The first-order valence-electron chi connectivity index (χ1n) is 10.9. The molecule has 1 amide bonds. The average molecular weight is 454 g/mol. The number of methoxy groups -OCH3 is 1. The zero-order valence-corrected chi connectivity index (χ0v) is 20.0. The summed E-state index contributed by atoms with van der Waals surface area (Å²) in [6.45, 7) is 6.44. The molecule has 1 fully saturated rings. The molecule has 0 bridgehead atoms. The summed E-state index contributed by atoms with van der Waals surface area (Å²) >= 11 is 0. The number of hydrogen-bond donors (Lipinski definition) is 2. The molecule has 1 aromatic heterocycles. The van der Waals surface area contributed by atoms with E-state index in [1.165, 1.54) is 12.0 Å². The van der Waals surface area contributed by atoms with Gasteiger partial charge in [-0.3, -0.25) is 9.59 Å². The second-order valence-electron chi connectivity index (χ2n) is 8.68. The minimum Gasteiger partial charge on any atom is -0.507 e. The van der Waals surface area contributed by atoms with Crippen LogP contribution in [0, 0.1) is 20.8 Å². The third-order valence-electron chi connectivity index (χ3n) is 6.00. The number of aryl methyl sites for hydroxylation is 2. The molecule has 1 atom stereocenters. The van der Waals surface area contributed by atoms with E-state index < -0.39 is 23.7 Å². The normalized spacial score (nSPS) is 17.8. The van der Waals surface area contributed by atoms with E-state index in [4.69, 9.17) is 4.74 Å². The molecule has 8 heteroatoms. The number of aliphatic hydroxyl groups is 1. The van der Waals surface area contributed by atoms with Crippen molar-refractivity contribution < 1.29 is 24.2 Å². The lowest BCUT2D eigenvalue weighted by molar-refractivity contribution is -0.139. The molecule has 1 aliphatic heterocycles. The minimum absolute atomic E-state index is 0.0234. The summed E-state index contributed by atoms with van der Waals surface area (Å²) in [5, 5.41) is 11.4. The number of likely N-dealkylation sites (tertiary alicyclic amines) is 1. The van der Waals surface area contributed by atoms with Crippen LogP contribution >= 0.6 is 0 Å². The molecule has 1 aromatic carbocycles. The van der Waals surface area contributed by atoms with Gasteiger partial charge in [-0.2, -0.15) is 0 Å². The highest BCUT2D eigenvalue weighted by Crippen LogP contribution is 2.41. The summed E-state index contributed by atoms with van der Waals surface area (Å²) in [5.41, 5.74) is 3.30. The van der Waals surface area contributed by atoms with Gasteiger partial charge in [0.25, 0.3) is 11.7 Å². The maximum atomic E-state index is 13.2. The van der Waals surface area contributed by atoms with E-state index in [2.05, 4.69) is 4.98 Å².